The summed E-state index contributed by atoms with van der Waals surface area (Å²) in [4.78, 5) is 0.100. The van der Waals surface area contributed by atoms with Gasteiger partial charge in [0.15, 0.2) is 0 Å². The van der Waals surface area contributed by atoms with Gasteiger partial charge in [-0.1, -0.05) is 35.9 Å². The van der Waals surface area contributed by atoms with Crippen molar-refractivity contribution in [3.63, 3.8) is 0 Å². The molecule has 26 heavy (non-hydrogen) atoms. The Bertz CT molecular complexity index is 880. The van der Waals surface area contributed by atoms with Gasteiger partial charge in [-0.2, -0.15) is 4.31 Å². The smallest absolute Gasteiger partial charge is 0.244 e. The molecule has 0 aliphatic carbocycles. The Labute approximate surface area is 158 Å². The zero-order valence-corrected chi connectivity index (χ0v) is 15.8. The van der Waals surface area contributed by atoms with E-state index in [4.69, 9.17) is 11.6 Å². The van der Waals surface area contributed by atoms with E-state index in [2.05, 4.69) is 0 Å². The minimum absolute atomic E-state index is 0.0660. The van der Waals surface area contributed by atoms with E-state index in [-0.39, 0.29) is 22.3 Å². The van der Waals surface area contributed by atoms with Gasteiger partial charge in [-0.15, -0.1) is 0 Å². The zero-order chi connectivity index (χ0) is 18.8. The molecule has 7 heteroatoms. The highest BCUT2D eigenvalue weighted by atomic mass is 35.5. The van der Waals surface area contributed by atoms with Crippen molar-refractivity contribution in [1.82, 2.24) is 4.31 Å². The van der Waals surface area contributed by atoms with Crippen LogP contribution in [0.4, 0.5) is 4.39 Å². The monoisotopic (exact) mass is 397 g/mol. The SMILES string of the molecule is O=S(=O)(c1ccccc1Cl)N1CCC(CO)(Cc2cccc(F)c2)CC1. The third-order valence-electron chi connectivity index (χ3n) is 5.04. The lowest BCUT2D eigenvalue weighted by molar-refractivity contribution is 0.0684. The number of sulfonamides is 1. The van der Waals surface area contributed by atoms with Crippen LogP contribution in [0.1, 0.15) is 18.4 Å². The number of hydrogen-bond donors (Lipinski definition) is 1. The number of rotatable bonds is 5. The molecule has 1 saturated heterocycles. The molecule has 1 aliphatic rings. The van der Waals surface area contributed by atoms with Crippen molar-refractivity contribution in [3.8, 4) is 0 Å². The minimum atomic E-state index is -3.67. The normalized spacial score (nSPS) is 18.0. The molecule has 1 heterocycles. The summed E-state index contributed by atoms with van der Waals surface area (Å²) in [5.74, 6) is -0.311. The van der Waals surface area contributed by atoms with E-state index in [0.29, 0.717) is 32.4 Å². The average molecular weight is 398 g/mol. The molecule has 2 aromatic rings. The van der Waals surface area contributed by atoms with Crippen LogP contribution in [0.2, 0.25) is 5.02 Å². The number of nitrogens with zero attached hydrogens (tertiary/aromatic N) is 1. The summed E-state index contributed by atoms with van der Waals surface area (Å²) in [6.45, 7) is 0.524. The quantitative estimate of drug-likeness (QED) is 0.840. The highest BCUT2D eigenvalue weighted by Crippen LogP contribution is 2.37. The molecule has 140 valence electrons. The molecule has 0 saturated carbocycles. The van der Waals surface area contributed by atoms with Crippen molar-refractivity contribution < 1.29 is 17.9 Å². The largest absolute Gasteiger partial charge is 0.396 e. The van der Waals surface area contributed by atoms with Crippen molar-refractivity contribution in [3.05, 3.63) is 64.9 Å². The predicted octanol–water partition coefficient (Wildman–Crippen LogP) is 3.49. The van der Waals surface area contributed by atoms with Crippen molar-refractivity contribution >= 4 is 21.6 Å². The van der Waals surface area contributed by atoms with E-state index in [1.165, 1.54) is 22.5 Å². The predicted molar refractivity (Wildman–Crippen MR) is 99.1 cm³/mol. The third kappa shape index (κ3) is 3.93. The van der Waals surface area contributed by atoms with E-state index < -0.39 is 15.4 Å². The highest BCUT2D eigenvalue weighted by Gasteiger charge is 2.38. The van der Waals surface area contributed by atoms with Gasteiger partial charge in [-0.05, 0) is 54.5 Å². The fourth-order valence-corrected chi connectivity index (χ4v) is 5.40. The van der Waals surface area contributed by atoms with Gasteiger partial charge in [0.2, 0.25) is 10.0 Å². The summed E-state index contributed by atoms with van der Waals surface area (Å²) in [6.07, 6.45) is 1.52. The molecule has 0 atom stereocenters. The van der Waals surface area contributed by atoms with Crippen molar-refractivity contribution in [2.75, 3.05) is 19.7 Å². The van der Waals surface area contributed by atoms with Gasteiger partial charge < -0.3 is 5.11 Å². The molecule has 2 aromatic carbocycles. The molecular formula is C19H21ClFNO3S. The highest BCUT2D eigenvalue weighted by molar-refractivity contribution is 7.89. The molecule has 1 N–H and O–H groups in total. The molecule has 0 amide bonds. The van der Waals surface area contributed by atoms with Gasteiger partial charge in [0.05, 0.1) is 5.02 Å². The number of halogens is 2. The lowest BCUT2D eigenvalue weighted by Crippen LogP contribution is -2.45. The maximum Gasteiger partial charge on any atom is 0.244 e. The Morgan fingerprint density at radius 2 is 1.81 bits per heavy atom. The molecular weight excluding hydrogens is 377 g/mol. The topological polar surface area (TPSA) is 57.6 Å². The Hall–Kier alpha value is -1.47. The van der Waals surface area contributed by atoms with Gasteiger partial charge in [0, 0.05) is 19.7 Å². The molecule has 0 bridgehead atoms. The Morgan fingerprint density at radius 1 is 1.12 bits per heavy atom. The molecule has 0 radical (unpaired) electrons. The summed E-state index contributed by atoms with van der Waals surface area (Å²) < 4.78 is 40.5. The summed E-state index contributed by atoms with van der Waals surface area (Å²) in [5.41, 5.74) is 0.363. The van der Waals surface area contributed by atoms with Gasteiger partial charge >= 0.3 is 0 Å². The number of piperidine rings is 1. The first-order chi connectivity index (χ1) is 12.4. The average Bonchev–Trinajstić information content (AvgIpc) is 2.62. The molecule has 4 nitrogen and oxygen atoms in total. The van der Waals surface area contributed by atoms with E-state index >= 15 is 0 Å². The number of benzene rings is 2. The van der Waals surface area contributed by atoms with E-state index in [1.54, 1.807) is 24.3 Å². The maximum absolute atomic E-state index is 13.4. The van der Waals surface area contributed by atoms with Crippen molar-refractivity contribution in [2.24, 2.45) is 5.41 Å². The zero-order valence-electron chi connectivity index (χ0n) is 14.2. The minimum Gasteiger partial charge on any atom is -0.396 e. The van der Waals surface area contributed by atoms with Crippen LogP contribution in [0, 0.1) is 11.2 Å². The summed E-state index contributed by atoms with van der Waals surface area (Å²) in [5, 5.41) is 10.1. The van der Waals surface area contributed by atoms with Crippen LogP contribution in [0.3, 0.4) is 0 Å². The molecule has 0 unspecified atom stereocenters. The number of hydrogen-bond acceptors (Lipinski definition) is 3. The van der Waals surface area contributed by atoms with Crippen LogP contribution < -0.4 is 0 Å². The summed E-state index contributed by atoms with van der Waals surface area (Å²) >= 11 is 6.05. The van der Waals surface area contributed by atoms with Crippen LogP contribution in [0.5, 0.6) is 0 Å². The van der Waals surface area contributed by atoms with Gasteiger partial charge in [-0.3, -0.25) is 0 Å². The Kier molecular flexibility index (Phi) is 5.67. The lowest BCUT2D eigenvalue weighted by Gasteiger charge is -2.40. The van der Waals surface area contributed by atoms with E-state index in [0.717, 1.165) is 5.56 Å². The summed E-state index contributed by atoms with van der Waals surface area (Å²) in [7, 11) is -3.67. The first-order valence-electron chi connectivity index (χ1n) is 8.46. The molecule has 1 fully saturated rings. The van der Waals surface area contributed by atoms with Crippen LogP contribution in [-0.2, 0) is 16.4 Å². The standard InChI is InChI=1S/C19H21ClFNO3S/c20-17-6-1-2-7-18(17)26(24,25)22-10-8-19(14-23,9-11-22)13-15-4-3-5-16(21)12-15/h1-7,12,23H,8-11,13-14H2. The molecule has 3 rings (SSSR count). The fraction of sp³-hybridized carbons (Fsp3) is 0.368. The Morgan fingerprint density at radius 3 is 2.42 bits per heavy atom. The summed E-state index contributed by atoms with van der Waals surface area (Å²) in [6, 6.07) is 12.7. The third-order valence-corrected chi connectivity index (χ3v) is 7.44. The van der Waals surface area contributed by atoms with E-state index in [9.17, 15) is 17.9 Å². The second-order valence-electron chi connectivity index (χ2n) is 6.80. The fourth-order valence-electron chi connectivity index (χ4n) is 3.46. The molecule has 0 spiro atoms. The van der Waals surface area contributed by atoms with Gasteiger partial charge in [-0.25, -0.2) is 12.8 Å². The Balaban J connectivity index is 1.76. The van der Waals surface area contributed by atoms with Crippen LogP contribution in [0.15, 0.2) is 53.4 Å². The van der Waals surface area contributed by atoms with Crippen molar-refractivity contribution in [1.29, 1.82) is 0 Å². The van der Waals surface area contributed by atoms with Crippen LogP contribution in [-0.4, -0.2) is 37.5 Å². The second-order valence-corrected chi connectivity index (χ2v) is 9.11. The van der Waals surface area contributed by atoms with E-state index in [1.807, 2.05) is 6.07 Å². The van der Waals surface area contributed by atoms with Crippen LogP contribution >= 0.6 is 11.6 Å². The number of aliphatic hydroxyl groups is 1. The maximum atomic E-state index is 13.4. The van der Waals surface area contributed by atoms with Gasteiger partial charge in [0.25, 0.3) is 0 Å². The van der Waals surface area contributed by atoms with Crippen molar-refractivity contribution in [2.45, 2.75) is 24.2 Å². The lowest BCUT2D eigenvalue weighted by atomic mass is 9.75. The van der Waals surface area contributed by atoms with Gasteiger partial charge in [0.1, 0.15) is 10.7 Å². The number of aliphatic hydroxyl groups excluding tert-OH is 1. The second kappa shape index (κ2) is 7.64. The molecule has 1 aliphatic heterocycles. The molecule has 0 aromatic heterocycles. The van der Waals surface area contributed by atoms with Crippen LogP contribution in [0.25, 0.3) is 0 Å². The first kappa shape index (κ1) is 19.3. The first-order valence-corrected chi connectivity index (χ1v) is 10.3.